The summed E-state index contributed by atoms with van der Waals surface area (Å²) in [6.07, 6.45) is 1.70. The molecule has 0 amide bonds. The number of pyridine rings is 1. The fourth-order valence-electron chi connectivity index (χ4n) is 1.25. The summed E-state index contributed by atoms with van der Waals surface area (Å²) in [6.45, 7) is 1.98. The topological polar surface area (TPSA) is 38.9 Å². The van der Waals surface area contributed by atoms with Gasteiger partial charge in [0.2, 0.25) is 0 Å². The van der Waals surface area contributed by atoms with Crippen molar-refractivity contribution in [3.63, 3.8) is 0 Å². The van der Waals surface area contributed by atoms with E-state index >= 15 is 0 Å². The Balaban J connectivity index is 2.30. The standard InChI is InChI=1S/C12H10Br2N2S/c1-7-10(15)6-16-12(11(7)14)17-9-4-2-8(13)3-5-9/h2-6H,15H2,1H3. The van der Waals surface area contributed by atoms with Crippen LogP contribution in [0.2, 0.25) is 0 Å². The summed E-state index contributed by atoms with van der Waals surface area (Å²) in [5, 5.41) is 0.930. The number of nitrogens with two attached hydrogens (primary N) is 1. The van der Waals surface area contributed by atoms with Gasteiger partial charge in [0.05, 0.1) is 16.4 Å². The van der Waals surface area contributed by atoms with E-state index in [1.807, 2.05) is 19.1 Å². The molecule has 0 unspecified atom stereocenters. The van der Waals surface area contributed by atoms with Crippen LogP contribution in [0.25, 0.3) is 0 Å². The fraction of sp³-hybridized carbons (Fsp3) is 0.0833. The predicted octanol–water partition coefficient (Wildman–Crippen LogP) is 4.65. The average Bonchev–Trinajstić information content (AvgIpc) is 2.33. The summed E-state index contributed by atoms with van der Waals surface area (Å²) in [6, 6.07) is 8.13. The molecule has 17 heavy (non-hydrogen) atoms. The van der Waals surface area contributed by atoms with Gasteiger partial charge >= 0.3 is 0 Å². The lowest BCUT2D eigenvalue weighted by Crippen LogP contribution is -1.94. The van der Waals surface area contributed by atoms with Crippen molar-refractivity contribution in [3.8, 4) is 0 Å². The third-order valence-corrected chi connectivity index (χ3v) is 5.07. The van der Waals surface area contributed by atoms with Crippen molar-refractivity contribution in [2.75, 3.05) is 5.73 Å². The second-order valence-corrected chi connectivity index (χ2v) is 6.28. The van der Waals surface area contributed by atoms with Gasteiger partial charge in [-0.05, 0) is 52.7 Å². The Bertz CT molecular complexity index is 541. The lowest BCUT2D eigenvalue weighted by molar-refractivity contribution is 1.09. The molecule has 1 aromatic heterocycles. The van der Waals surface area contributed by atoms with E-state index in [0.29, 0.717) is 5.69 Å². The molecule has 0 aliphatic carbocycles. The SMILES string of the molecule is Cc1c(N)cnc(Sc2ccc(Br)cc2)c1Br. The van der Waals surface area contributed by atoms with Crippen molar-refractivity contribution >= 4 is 49.3 Å². The number of nitrogens with zero attached hydrogens (tertiary/aromatic N) is 1. The van der Waals surface area contributed by atoms with Crippen LogP contribution in [0.3, 0.4) is 0 Å². The van der Waals surface area contributed by atoms with Crippen LogP contribution in [0.5, 0.6) is 0 Å². The van der Waals surface area contributed by atoms with Crippen LogP contribution >= 0.6 is 43.6 Å². The van der Waals surface area contributed by atoms with Gasteiger partial charge in [-0.15, -0.1) is 0 Å². The van der Waals surface area contributed by atoms with Gasteiger partial charge in [-0.2, -0.15) is 0 Å². The third-order valence-electron chi connectivity index (χ3n) is 2.30. The molecule has 0 bridgehead atoms. The van der Waals surface area contributed by atoms with E-state index in [1.54, 1.807) is 18.0 Å². The van der Waals surface area contributed by atoms with Gasteiger partial charge in [0, 0.05) is 9.37 Å². The van der Waals surface area contributed by atoms with Crippen molar-refractivity contribution in [1.82, 2.24) is 4.98 Å². The number of hydrogen-bond donors (Lipinski definition) is 1. The average molecular weight is 374 g/mol. The van der Waals surface area contributed by atoms with Crippen LogP contribution in [0.4, 0.5) is 5.69 Å². The molecule has 5 heteroatoms. The van der Waals surface area contributed by atoms with Crippen molar-refractivity contribution in [2.24, 2.45) is 0 Å². The van der Waals surface area contributed by atoms with E-state index in [4.69, 9.17) is 5.73 Å². The van der Waals surface area contributed by atoms with Crippen LogP contribution < -0.4 is 5.73 Å². The molecule has 1 aromatic carbocycles. The Morgan fingerprint density at radius 2 is 1.82 bits per heavy atom. The lowest BCUT2D eigenvalue weighted by Gasteiger charge is -2.08. The molecule has 0 saturated heterocycles. The highest BCUT2D eigenvalue weighted by atomic mass is 79.9. The predicted molar refractivity (Wildman–Crippen MR) is 79.4 cm³/mol. The maximum absolute atomic E-state index is 5.79. The Morgan fingerprint density at radius 1 is 1.18 bits per heavy atom. The van der Waals surface area contributed by atoms with Crippen molar-refractivity contribution in [1.29, 1.82) is 0 Å². The maximum Gasteiger partial charge on any atom is 0.115 e. The van der Waals surface area contributed by atoms with Crippen LogP contribution in [-0.2, 0) is 0 Å². The number of hydrogen-bond acceptors (Lipinski definition) is 3. The lowest BCUT2D eigenvalue weighted by atomic mass is 10.3. The van der Waals surface area contributed by atoms with Gasteiger partial charge in [0.15, 0.2) is 0 Å². The summed E-state index contributed by atoms with van der Waals surface area (Å²) in [5.74, 6) is 0. The highest BCUT2D eigenvalue weighted by Crippen LogP contribution is 2.35. The van der Waals surface area contributed by atoms with E-state index < -0.39 is 0 Å². The molecule has 2 rings (SSSR count). The van der Waals surface area contributed by atoms with E-state index in [1.165, 1.54) is 0 Å². The Morgan fingerprint density at radius 3 is 2.47 bits per heavy atom. The van der Waals surface area contributed by atoms with E-state index in [-0.39, 0.29) is 0 Å². The van der Waals surface area contributed by atoms with E-state index in [9.17, 15) is 0 Å². The highest BCUT2D eigenvalue weighted by Gasteiger charge is 2.08. The number of aromatic nitrogens is 1. The monoisotopic (exact) mass is 372 g/mol. The first-order valence-corrected chi connectivity index (χ1v) is 7.32. The maximum atomic E-state index is 5.79. The van der Waals surface area contributed by atoms with Crippen molar-refractivity contribution in [3.05, 3.63) is 45.0 Å². The smallest absolute Gasteiger partial charge is 0.115 e. The summed E-state index contributed by atoms with van der Waals surface area (Å²) >= 11 is 8.56. The van der Waals surface area contributed by atoms with Crippen LogP contribution in [-0.4, -0.2) is 4.98 Å². The zero-order chi connectivity index (χ0) is 12.4. The second-order valence-electron chi connectivity index (χ2n) is 3.51. The molecule has 0 fully saturated rings. The minimum Gasteiger partial charge on any atom is -0.397 e. The van der Waals surface area contributed by atoms with Gasteiger partial charge < -0.3 is 5.73 Å². The summed E-state index contributed by atoms with van der Waals surface area (Å²) in [7, 11) is 0. The molecule has 0 saturated carbocycles. The zero-order valence-corrected chi connectivity index (χ0v) is 13.1. The third kappa shape index (κ3) is 3.03. The number of rotatable bonds is 2. The molecular weight excluding hydrogens is 364 g/mol. The number of anilines is 1. The summed E-state index contributed by atoms with van der Waals surface area (Å²) in [4.78, 5) is 5.48. The van der Waals surface area contributed by atoms with Crippen LogP contribution in [0, 0.1) is 6.92 Å². The highest BCUT2D eigenvalue weighted by molar-refractivity contribution is 9.10. The van der Waals surface area contributed by atoms with Gasteiger partial charge in [-0.25, -0.2) is 4.98 Å². The van der Waals surface area contributed by atoms with Gasteiger partial charge in [-0.1, -0.05) is 27.7 Å². The Hall–Kier alpha value is -0.520. The molecular formula is C12H10Br2N2S. The van der Waals surface area contributed by atoms with Crippen LogP contribution in [0.1, 0.15) is 5.56 Å². The molecule has 2 N–H and O–H groups in total. The second kappa shape index (κ2) is 5.42. The van der Waals surface area contributed by atoms with Gasteiger partial charge in [0.25, 0.3) is 0 Å². The molecule has 88 valence electrons. The molecule has 0 spiro atoms. The van der Waals surface area contributed by atoms with Crippen molar-refractivity contribution in [2.45, 2.75) is 16.8 Å². The summed E-state index contributed by atoms with van der Waals surface area (Å²) < 4.78 is 2.03. The van der Waals surface area contributed by atoms with Crippen LogP contribution in [0.15, 0.2) is 49.3 Å². The first-order valence-electron chi connectivity index (χ1n) is 4.92. The first-order chi connectivity index (χ1) is 8.08. The molecule has 0 atom stereocenters. The molecule has 0 aliphatic rings. The van der Waals surface area contributed by atoms with E-state index in [2.05, 4.69) is 49.0 Å². The minimum absolute atomic E-state index is 0.706. The fourth-order valence-corrected chi connectivity index (χ4v) is 2.94. The number of benzene rings is 1. The first kappa shape index (κ1) is 12.9. The van der Waals surface area contributed by atoms with E-state index in [0.717, 1.165) is 24.4 Å². The molecule has 2 nitrogen and oxygen atoms in total. The number of nitrogen functional groups attached to an aromatic ring is 1. The largest absolute Gasteiger partial charge is 0.397 e. The van der Waals surface area contributed by atoms with Gasteiger partial charge in [0.1, 0.15) is 5.03 Å². The Kier molecular flexibility index (Phi) is 4.12. The summed E-state index contributed by atoms with van der Waals surface area (Å²) in [5.41, 5.74) is 7.53. The number of halogens is 2. The Labute approximate surface area is 121 Å². The van der Waals surface area contributed by atoms with Crippen molar-refractivity contribution < 1.29 is 0 Å². The molecule has 0 aliphatic heterocycles. The van der Waals surface area contributed by atoms with Gasteiger partial charge in [-0.3, -0.25) is 0 Å². The minimum atomic E-state index is 0.706. The zero-order valence-electron chi connectivity index (χ0n) is 9.08. The molecule has 1 heterocycles. The molecule has 2 aromatic rings. The normalized spacial score (nSPS) is 10.5. The molecule has 0 radical (unpaired) electrons. The quantitative estimate of drug-likeness (QED) is 0.832.